The largest absolute Gasteiger partial charge is 0.498 e. The van der Waals surface area contributed by atoms with E-state index in [4.69, 9.17) is 4.74 Å². The number of ether oxygens (including phenoxy) is 1. The Morgan fingerprint density at radius 1 is 1.45 bits per heavy atom. The van der Waals surface area contributed by atoms with Crippen LogP contribution < -0.4 is 0 Å². The van der Waals surface area contributed by atoms with Crippen molar-refractivity contribution in [2.24, 2.45) is 0 Å². The molecule has 66 valence electrons. The van der Waals surface area contributed by atoms with E-state index in [1.165, 1.54) is 0 Å². The monoisotopic (exact) mass is 284 g/mol. The van der Waals surface area contributed by atoms with Crippen molar-refractivity contribution in [2.75, 3.05) is 6.61 Å². The first kappa shape index (κ1) is 11.5. The third kappa shape index (κ3) is 6.87. The van der Waals surface area contributed by atoms with Crippen molar-refractivity contribution in [1.29, 1.82) is 0 Å². The molecule has 0 aromatic heterocycles. The predicted octanol–water partition coefficient (Wildman–Crippen LogP) is 3.64. The lowest BCUT2D eigenvalue weighted by atomic mass is 10.6. The van der Waals surface area contributed by atoms with Gasteiger partial charge in [0.25, 0.3) is 0 Å². The Bertz CT molecular complexity index is 138. The quantitative estimate of drug-likeness (QED) is 0.435. The van der Waals surface area contributed by atoms with Gasteiger partial charge in [-0.05, 0) is 29.5 Å². The SMILES string of the molecule is CCO/C(=C/I)C[Si](C)(C)C. The van der Waals surface area contributed by atoms with Crippen LogP contribution in [-0.2, 0) is 4.74 Å². The van der Waals surface area contributed by atoms with E-state index in [1.807, 2.05) is 6.92 Å². The van der Waals surface area contributed by atoms with E-state index in [9.17, 15) is 0 Å². The summed E-state index contributed by atoms with van der Waals surface area (Å²) in [4.78, 5) is 0. The molecule has 0 amide bonds. The summed E-state index contributed by atoms with van der Waals surface area (Å²) >= 11 is 2.25. The van der Waals surface area contributed by atoms with Crippen LogP contribution in [0.15, 0.2) is 9.84 Å². The van der Waals surface area contributed by atoms with Gasteiger partial charge in [-0.1, -0.05) is 19.6 Å². The molecule has 1 nitrogen and oxygen atoms in total. The molecule has 0 aliphatic carbocycles. The van der Waals surface area contributed by atoms with Gasteiger partial charge in [0.15, 0.2) is 0 Å². The van der Waals surface area contributed by atoms with Gasteiger partial charge in [-0.15, -0.1) is 0 Å². The summed E-state index contributed by atoms with van der Waals surface area (Å²) in [5.74, 6) is 1.16. The summed E-state index contributed by atoms with van der Waals surface area (Å²) < 4.78 is 7.51. The number of rotatable bonds is 4. The average molecular weight is 284 g/mol. The van der Waals surface area contributed by atoms with Gasteiger partial charge in [0.05, 0.1) is 20.4 Å². The second-order valence-electron chi connectivity index (χ2n) is 3.75. The fourth-order valence-corrected chi connectivity index (χ4v) is 2.89. The van der Waals surface area contributed by atoms with Crippen LogP contribution in [0.5, 0.6) is 0 Å². The van der Waals surface area contributed by atoms with E-state index >= 15 is 0 Å². The highest BCUT2D eigenvalue weighted by Crippen LogP contribution is 2.18. The molecule has 0 aromatic rings. The summed E-state index contributed by atoms with van der Waals surface area (Å²) in [6, 6.07) is 1.16. The zero-order chi connectivity index (χ0) is 8.91. The van der Waals surface area contributed by atoms with Gasteiger partial charge in [0.2, 0.25) is 0 Å². The minimum Gasteiger partial charge on any atom is -0.498 e. The minimum absolute atomic E-state index is 0.791. The average Bonchev–Trinajstić information content (AvgIpc) is 1.84. The van der Waals surface area contributed by atoms with Gasteiger partial charge in [-0.25, -0.2) is 0 Å². The molecule has 0 saturated heterocycles. The van der Waals surface area contributed by atoms with Crippen molar-refractivity contribution in [1.82, 2.24) is 0 Å². The maximum Gasteiger partial charge on any atom is 0.0993 e. The molecule has 0 aliphatic heterocycles. The van der Waals surface area contributed by atoms with E-state index < -0.39 is 8.07 Å². The van der Waals surface area contributed by atoms with E-state index in [0.29, 0.717) is 0 Å². The van der Waals surface area contributed by atoms with Crippen molar-refractivity contribution in [3.8, 4) is 0 Å². The molecule has 0 saturated carbocycles. The first-order chi connectivity index (χ1) is 4.99. The topological polar surface area (TPSA) is 9.23 Å². The first-order valence-corrected chi connectivity index (χ1v) is 8.87. The van der Waals surface area contributed by atoms with E-state index in [2.05, 4.69) is 46.3 Å². The van der Waals surface area contributed by atoms with Crippen LogP contribution in [-0.4, -0.2) is 14.7 Å². The van der Waals surface area contributed by atoms with Gasteiger partial charge >= 0.3 is 0 Å². The molecule has 0 heterocycles. The second kappa shape index (κ2) is 5.19. The smallest absolute Gasteiger partial charge is 0.0993 e. The Kier molecular flexibility index (Phi) is 5.42. The molecule has 0 aliphatic rings. The molecule has 0 unspecified atom stereocenters. The van der Waals surface area contributed by atoms with Crippen LogP contribution in [0, 0.1) is 0 Å². The zero-order valence-electron chi connectivity index (χ0n) is 7.78. The van der Waals surface area contributed by atoms with Gasteiger partial charge in [0.1, 0.15) is 0 Å². The molecule has 0 spiro atoms. The highest BCUT2D eigenvalue weighted by molar-refractivity contribution is 14.1. The Hall–Kier alpha value is 0.487. The number of allylic oxidation sites excluding steroid dienone is 1. The lowest BCUT2D eigenvalue weighted by Gasteiger charge is -2.17. The lowest BCUT2D eigenvalue weighted by Crippen LogP contribution is -2.20. The van der Waals surface area contributed by atoms with Crippen LogP contribution in [0.1, 0.15) is 6.92 Å². The Morgan fingerprint density at radius 3 is 2.27 bits per heavy atom. The molecule has 0 rings (SSSR count). The summed E-state index contributed by atoms with van der Waals surface area (Å²) in [6.07, 6.45) is 0. The fourth-order valence-electron chi connectivity index (χ4n) is 0.829. The zero-order valence-corrected chi connectivity index (χ0v) is 10.9. The van der Waals surface area contributed by atoms with Gasteiger partial charge < -0.3 is 4.74 Å². The highest BCUT2D eigenvalue weighted by atomic mass is 127. The number of hydrogen-bond donors (Lipinski definition) is 0. The molecule has 0 fully saturated rings. The molecule has 0 bridgehead atoms. The Balaban J connectivity index is 3.90. The Labute approximate surface area is 84.4 Å². The van der Waals surface area contributed by atoms with Crippen LogP contribution in [0.3, 0.4) is 0 Å². The minimum atomic E-state index is -0.977. The molecule has 0 atom stereocenters. The fraction of sp³-hybridized carbons (Fsp3) is 0.750. The van der Waals surface area contributed by atoms with Crippen LogP contribution in [0.4, 0.5) is 0 Å². The van der Waals surface area contributed by atoms with Gasteiger partial charge in [0, 0.05) is 10.1 Å². The van der Waals surface area contributed by atoms with Crippen molar-refractivity contribution < 1.29 is 4.74 Å². The van der Waals surface area contributed by atoms with E-state index in [1.54, 1.807) is 0 Å². The number of hydrogen-bond acceptors (Lipinski definition) is 1. The van der Waals surface area contributed by atoms with Crippen LogP contribution in [0.2, 0.25) is 25.7 Å². The van der Waals surface area contributed by atoms with Crippen molar-refractivity contribution in [3.05, 3.63) is 9.84 Å². The van der Waals surface area contributed by atoms with Gasteiger partial charge in [-0.3, -0.25) is 0 Å². The Morgan fingerprint density at radius 2 is 2.00 bits per heavy atom. The van der Waals surface area contributed by atoms with Crippen molar-refractivity contribution in [2.45, 2.75) is 32.6 Å². The van der Waals surface area contributed by atoms with Crippen molar-refractivity contribution >= 4 is 30.7 Å². The third-order valence-electron chi connectivity index (χ3n) is 1.16. The second-order valence-corrected chi connectivity index (χ2v) is 9.84. The molecular formula is C8H17IOSi. The summed E-state index contributed by atoms with van der Waals surface area (Å²) in [7, 11) is -0.977. The highest BCUT2D eigenvalue weighted by Gasteiger charge is 2.15. The standard InChI is InChI=1S/C8H17IOSi/c1-5-10-8(6-9)7-11(2,3)4/h6H,5,7H2,1-4H3/b8-6+. The summed E-state index contributed by atoms with van der Waals surface area (Å²) in [6.45, 7) is 9.88. The molecular weight excluding hydrogens is 267 g/mol. The molecule has 3 heteroatoms. The molecule has 0 N–H and O–H groups in total. The number of halogens is 1. The first-order valence-electron chi connectivity index (χ1n) is 3.91. The molecule has 0 aromatic carbocycles. The van der Waals surface area contributed by atoms with Crippen molar-refractivity contribution in [3.63, 3.8) is 0 Å². The summed E-state index contributed by atoms with van der Waals surface area (Å²) in [5, 5.41) is 0. The van der Waals surface area contributed by atoms with Crippen LogP contribution in [0.25, 0.3) is 0 Å². The molecule has 0 radical (unpaired) electrons. The lowest BCUT2D eigenvalue weighted by molar-refractivity contribution is 0.232. The normalized spacial score (nSPS) is 13.4. The van der Waals surface area contributed by atoms with E-state index in [-0.39, 0.29) is 0 Å². The van der Waals surface area contributed by atoms with Crippen LogP contribution >= 0.6 is 22.6 Å². The third-order valence-corrected chi connectivity index (χ3v) is 3.26. The summed E-state index contributed by atoms with van der Waals surface area (Å²) in [5.41, 5.74) is 0. The van der Waals surface area contributed by atoms with Gasteiger partial charge in [-0.2, -0.15) is 0 Å². The maximum atomic E-state index is 5.46. The maximum absolute atomic E-state index is 5.46. The van der Waals surface area contributed by atoms with E-state index in [0.717, 1.165) is 18.4 Å². The predicted molar refractivity (Wildman–Crippen MR) is 61.9 cm³/mol. The molecule has 11 heavy (non-hydrogen) atoms.